The molecule has 2 heterocycles. The molecule has 1 aromatic heterocycles. The fourth-order valence-corrected chi connectivity index (χ4v) is 2.26. The summed E-state index contributed by atoms with van der Waals surface area (Å²) in [5.41, 5.74) is 0.441. The summed E-state index contributed by atoms with van der Waals surface area (Å²) in [5, 5.41) is 10.2. The summed E-state index contributed by atoms with van der Waals surface area (Å²) in [6.07, 6.45) is 1.31. The molecule has 1 fully saturated rings. The fraction of sp³-hybridized carbons (Fsp3) is 0.400. The van der Waals surface area contributed by atoms with Crippen molar-refractivity contribution in [3.63, 3.8) is 0 Å². The van der Waals surface area contributed by atoms with Gasteiger partial charge in [0.25, 0.3) is 0 Å². The molecule has 17 heavy (non-hydrogen) atoms. The third-order valence-corrected chi connectivity index (χ3v) is 3.32. The number of likely N-dealkylation sites (tertiary alicyclic amines) is 1. The standard InChI is InChI=1S/C10H10N2O4S/c13-7-2-1-3-8(14)12(7)4-6-5-17-9(11-6)10(15)16/h5H,1-4H2,(H,15,16). The zero-order valence-electron chi connectivity index (χ0n) is 8.88. The van der Waals surface area contributed by atoms with Gasteiger partial charge in [-0.2, -0.15) is 0 Å². The maximum absolute atomic E-state index is 11.5. The molecule has 7 heteroatoms. The van der Waals surface area contributed by atoms with Gasteiger partial charge in [-0.3, -0.25) is 14.5 Å². The molecule has 2 amide bonds. The fourth-order valence-electron chi connectivity index (χ4n) is 1.62. The molecule has 0 saturated carbocycles. The number of amides is 2. The van der Waals surface area contributed by atoms with Crippen LogP contribution in [0.3, 0.4) is 0 Å². The van der Waals surface area contributed by atoms with Gasteiger partial charge in [-0.15, -0.1) is 11.3 Å². The number of rotatable bonds is 3. The van der Waals surface area contributed by atoms with E-state index in [4.69, 9.17) is 5.11 Å². The van der Waals surface area contributed by atoms with Crippen LogP contribution in [0, 0.1) is 0 Å². The predicted molar refractivity (Wildman–Crippen MR) is 58.5 cm³/mol. The number of carboxylic acid groups (broad SMARTS) is 1. The Bertz CT molecular complexity index is 466. The molecule has 0 radical (unpaired) electrons. The zero-order valence-corrected chi connectivity index (χ0v) is 9.70. The van der Waals surface area contributed by atoms with Crippen LogP contribution in [-0.4, -0.2) is 32.8 Å². The minimum atomic E-state index is -1.10. The molecule has 0 aromatic carbocycles. The second kappa shape index (κ2) is 4.62. The Hall–Kier alpha value is -1.76. The highest BCUT2D eigenvalue weighted by Gasteiger charge is 2.26. The van der Waals surface area contributed by atoms with Gasteiger partial charge in [0.2, 0.25) is 16.8 Å². The lowest BCUT2D eigenvalue weighted by molar-refractivity contribution is -0.148. The van der Waals surface area contributed by atoms with E-state index in [1.807, 2.05) is 0 Å². The molecule has 0 bridgehead atoms. The van der Waals surface area contributed by atoms with Gasteiger partial charge in [-0.1, -0.05) is 0 Å². The number of carboxylic acids is 1. The Labute approximate surface area is 101 Å². The largest absolute Gasteiger partial charge is 0.476 e. The molecule has 1 N–H and O–H groups in total. The van der Waals surface area contributed by atoms with Gasteiger partial charge in [-0.05, 0) is 6.42 Å². The zero-order chi connectivity index (χ0) is 12.4. The van der Waals surface area contributed by atoms with Gasteiger partial charge in [0.1, 0.15) is 0 Å². The molecule has 2 rings (SSSR count). The lowest BCUT2D eigenvalue weighted by Gasteiger charge is -2.23. The van der Waals surface area contributed by atoms with Gasteiger partial charge in [-0.25, -0.2) is 9.78 Å². The first-order chi connectivity index (χ1) is 8.08. The van der Waals surface area contributed by atoms with Crippen LogP contribution in [0.4, 0.5) is 0 Å². The Morgan fingerprint density at radius 3 is 2.59 bits per heavy atom. The number of aromatic nitrogens is 1. The first-order valence-corrected chi connectivity index (χ1v) is 5.97. The molecule has 90 valence electrons. The van der Waals surface area contributed by atoms with Crippen LogP contribution >= 0.6 is 11.3 Å². The summed E-state index contributed by atoms with van der Waals surface area (Å²) in [4.78, 5) is 38.7. The normalized spacial score (nSPS) is 16.4. The van der Waals surface area contributed by atoms with Crippen molar-refractivity contribution in [1.29, 1.82) is 0 Å². The SMILES string of the molecule is O=C(O)c1nc(CN2C(=O)CCCC2=O)cs1. The number of hydrogen-bond acceptors (Lipinski definition) is 5. The first kappa shape index (κ1) is 11.7. The number of thiazole rings is 1. The molecule has 0 aliphatic carbocycles. The van der Waals surface area contributed by atoms with Crippen molar-refractivity contribution >= 4 is 29.1 Å². The van der Waals surface area contributed by atoms with Gasteiger partial charge >= 0.3 is 5.97 Å². The van der Waals surface area contributed by atoms with Crippen LogP contribution in [0.5, 0.6) is 0 Å². The molecule has 1 aromatic rings. The molecule has 1 aliphatic rings. The summed E-state index contributed by atoms with van der Waals surface area (Å²) in [5.74, 6) is -1.53. The van der Waals surface area contributed by atoms with Crippen molar-refractivity contribution in [2.75, 3.05) is 0 Å². The van der Waals surface area contributed by atoms with E-state index in [1.54, 1.807) is 5.38 Å². The molecule has 0 atom stereocenters. The maximum atomic E-state index is 11.5. The van der Waals surface area contributed by atoms with Crippen molar-refractivity contribution in [2.24, 2.45) is 0 Å². The molecule has 1 saturated heterocycles. The number of hydrogen-bond donors (Lipinski definition) is 1. The minimum Gasteiger partial charge on any atom is -0.476 e. The number of nitrogens with zero attached hydrogens (tertiary/aromatic N) is 2. The molecule has 0 unspecified atom stereocenters. The number of carbonyl (C=O) groups is 3. The molecular formula is C10H10N2O4S. The highest BCUT2D eigenvalue weighted by molar-refractivity contribution is 7.11. The van der Waals surface area contributed by atoms with Crippen LogP contribution in [0.2, 0.25) is 0 Å². The lowest BCUT2D eigenvalue weighted by Crippen LogP contribution is -2.39. The van der Waals surface area contributed by atoms with Crippen molar-refractivity contribution in [3.8, 4) is 0 Å². The van der Waals surface area contributed by atoms with Crippen molar-refractivity contribution < 1.29 is 19.5 Å². The van der Waals surface area contributed by atoms with E-state index in [1.165, 1.54) is 0 Å². The van der Waals surface area contributed by atoms with E-state index in [-0.39, 0.29) is 23.4 Å². The average Bonchev–Trinajstić information content (AvgIpc) is 2.72. The van der Waals surface area contributed by atoms with Gasteiger partial charge in [0, 0.05) is 18.2 Å². The second-order valence-electron chi connectivity index (χ2n) is 3.68. The van der Waals surface area contributed by atoms with Crippen LogP contribution in [-0.2, 0) is 16.1 Å². The molecule has 1 aliphatic heterocycles. The summed E-state index contributed by atoms with van der Waals surface area (Å²) in [6, 6.07) is 0. The monoisotopic (exact) mass is 254 g/mol. The predicted octanol–water partition coefficient (Wildman–Crippen LogP) is 0.880. The Balaban J connectivity index is 2.11. The number of imide groups is 1. The topological polar surface area (TPSA) is 87.6 Å². The van der Waals surface area contributed by atoms with E-state index in [2.05, 4.69) is 4.98 Å². The summed E-state index contributed by atoms with van der Waals surface area (Å²) >= 11 is 0.989. The molecule has 0 spiro atoms. The van der Waals surface area contributed by atoms with Crippen molar-refractivity contribution in [2.45, 2.75) is 25.8 Å². The third kappa shape index (κ3) is 2.50. The molecule has 6 nitrogen and oxygen atoms in total. The first-order valence-electron chi connectivity index (χ1n) is 5.09. The Morgan fingerprint density at radius 2 is 2.06 bits per heavy atom. The van der Waals surface area contributed by atoms with Crippen LogP contribution in [0.15, 0.2) is 5.38 Å². The minimum absolute atomic E-state index is 0.0306. The van der Waals surface area contributed by atoms with Crippen LogP contribution < -0.4 is 0 Å². The second-order valence-corrected chi connectivity index (χ2v) is 4.53. The van der Waals surface area contributed by atoms with E-state index in [0.717, 1.165) is 16.2 Å². The lowest BCUT2D eigenvalue weighted by atomic mass is 10.1. The van der Waals surface area contributed by atoms with E-state index >= 15 is 0 Å². The van der Waals surface area contributed by atoms with Crippen molar-refractivity contribution in [3.05, 3.63) is 16.1 Å². The number of aromatic carboxylic acids is 1. The summed E-state index contributed by atoms with van der Waals surface area (Å²) in [6.45, 7) is 0.0709. The van der Waals surface area contributed by atoms with Crippen molar-refractivity contribution in [1.82, 2.24) is 9.88 Å². The number of carbonyl (C=O) groups excluding carboxylic acids is 2. The quantitative estimate of drug-likeness (QED) is 0.809. The third-order valence-electron chi connectivity index (χ3n) is 2.44. The Morgan fingerprint density at radius 1 is 1.41 bits per heavy atom. The van der Waals surface area contributed by atoms with Crippen LogP contribution in [0.1, 0.15) is 34.8 Å². The summed E-state index contributed by atoms with van der Waals surface area (Å²) < 4.78 is 0. The van der Waals surface area contributed by atoms with E-state index < -0.39 is 5.97 Å². The Kier molecular flexibility index (Phi) is 3.19. The number of piperidine rings is 1. The maximum Gasteiger partial charge on any atom is 0.365 e. The highest BCUT2D eigenvalue weighted by atomic mass is 32.1. The average molecular weight is 254 g/mol. The molecular weight excluding hydrogens is 244 g/mol. The van der Waals surface area contributed by atoms with Crippen LogP contribution in [0.25, 0.3) is 0 Å². The van der Waals surface area contributed by atoms with Gasteiger partial charge in [0.05, 0.1) is 12.2 Å². The summed E-state index contributed by atoms with van der Waals surface area (Å²) in [7, 11) is 0. The van der Waals surface area contributed by atoms with E-state index in [9.17, 15) is 14.4 Å². The smallest absolute Gasteiger partial charge is 0.365 e. The highest BCUT2D eigenvalue weighted by Crippen LogP contribution is 2.17. The van der Waals surface area contributed by atoms with Gasteiger partial charge in [0.15, 0.2) is 0 Å². The van der Waals surface area contributed by atoms with E-state index in [0.29, 0.717) is 25.0 Å². The van der Waals surface area contributed by atoms with Gasteiger partial charge < -0.3 is 5.11 Å².